The molecule has 2 nitrogen and oxygen atoms in total. The van der Waals surface area contributed by atoms with Gasteiger partial charge in [-0.2, -0.15) is 0 Å². The van der Waals surface area contributed by atoms with Crippen molar-refractivity contribution in [1.29, 1.82) is 0 Å². The summed E-state index contributed by atoms with van der Waals surface area (Å²) in [4.78, 5) is 23.2. The first-order valence-corrected chi connectivity index (χ1v) is 7.30. The molecule has 0 N–H and O–H groups in total. The molecule has 0 aromatic rings. The molecule has 18 heavy (non-hydrogen) atoms. The molecule has 0 aliphatic carbocycles. The molecule has 0 bridgehead atoms. The van der Waals surface area contributed by atoms with Crippen LogP contribution in [0.1, 0.15) is 79.6 Å². The summed E-state index contributed by atoms with van der Waals surface area (Å²) in [5.74, 6) is 1.03. The fraction of sp³-hybridized carbons (Fsp3) is 0.875. The van der Waals surface area contributed by atoms with Gasteiger partial charge in [0.1, 0.15) is 11.6 Å². The second kappa shape index (κ2) is 8.44. The summed E-state index contributed by atoms with van der Waals surface area (Å²) < 4.78 is 0. The van der Waals surface area contributed by atoms with Gasteiger partial charge in [-0.15, -0.1) is 0 Å². The third-order valence-electron chi connectivity index (χ3n) is 3.83. The van der Waals surface area contributed by atoms with Crippen LogP contribution in [0.15, 0.2) is 0 Å². The molecule has 0 saturated carbocycles. The van der Waals surface area contributed by atoms with Gasteiger partial charge in [-0.25, -0.2) is 0 Å². The highest BCUT2D eigenvalue weighted by Gasteiger charge is 2.20. The van der Waals surface area contributed by atoms with E-state index in [1.54, 1.807) is 0 Å². The minimum atomic E-state index is 0.245. The van der Waals surface area contributed by atoms with Crippen molar-refractivity contribution in [3.63, 3.8) is 0 Å². The Morgan fingerprint density at radius 3 is 1.89 bits per heavy atom. The summed E-state index contributed by atoms with van der Waals surface area (Å²) in [6.07, 6.45) is 5.09. The van der Waals surface area contributed by atoms with E-state index in [0.717, 1.165) is 19.3 Å². The Kier molecular flexibility index (Phi) is 8.13. The molecule has 0 rings (SSSR count). The summed E-state index contributed by atoms with van der Waals surface area (Å²) in [6, 6.07) is 0. The Balaban J connectivity index is 3.76. The Labute approximate surface area is 113 Å². The largest absolute Gasteiger partial charge is 0.300 e. The second-order valence-electron chi connectivity index (χ2n) is 6.49. The average Bonchev–Trinajstić information content (AvgIpc) is 2.29. The number of unbranched alkanes of at least 4 members (excludes halogenated alkanes) is 1. The quantitative estimate of drug-likeness (QED) is 0.604. The minimum Gasteiger partial charge on any atom is -0.300 e. The van der Waals surface area contributed by atoms with Crippen LogP contribution in [0.5, 0.6) is 0 Å². The van der Waals surface area contributed by atoms with Crippen LogP contribution in [-0.2, 0) is 9.59 Å². The highest BCUT2D eigenvalue weighted by atomic mass is 16.1. The first-order valence-electron chi connectivity index (χ1n) is 7.30. The van der Waals surface area contributed by atoms with Crippen LogP contribution >= 0.6 is 0 Å². The summed E-state index contributed by atoms with van der Waals surface area (Å²) in [5, 5.41) is 0. The van der Waals surface area contributed by atoms with Crippen molar-refractivity contribution in [3.8, 4) is 0 Å². The normalized spacial score (nSPS) is 13.4. The van der Waals surface area contributed by atoms with Gasteiger partial charge in [0.15, 0.2) is 0 Å². The zero-order valence-electron chi connectivity index (χ0n) is 12.8. The maximum Gasteiger partial charge on any atom is 0.133 e. The van der Waals surface area contributed by atoms with Crippen molar-refractivity contribution in [1.82, 2.24) is 0 Å². The van der Waals surface area contributed by atoms with Gasteiger partial charge in [-0.1, -0.05) is 41.0 Å². The summed E-state index contributed by atoms with van der Waals surface area (Å²) >= 11 is 0. The Morgan fingerprint density at radius 2 is 1.44 bits per heavy atom. The van der Waals surface area contributed by atoms with Gasteiger partial charge < -0.3 is 0 Å². The lowest BCUT2D eigenvalue weighted by Crippen LogP contribution is -2.18. The molecule has 0 radical (unpaired) electrons. The van der Waals surface area contributed by atoms with Gasteiger partial charge in [0.25, 0.3) is 0 Å². The minimum absolute atomic E-state index is 0.245. The van der Waals surface area contributed by atoms with Crippen LogP contribution in [0.25, 0.3) is 0 Å². The monoisotopic (exact) mass is 254 g/mol. The number of hydrogen-bond acceptors (Lipinski definition) is 2. The van der Waals surface area contributed by atoms with Gasteiger partial charge in [0.2, 0.25) is 0 Å². The lowest BCUT2D eigenvalue weighted by atomic mass is 9.79. The SMILES string of the molecule is CCCCC(=O)CCC(=O)CCC(C)C(C)(C)C. The highest BCUT2D eigenvalue weighted by molar-refractivity contribution is 5.85. The van der Waals surface area contributed by atoms with Crippen LogP contribution in [0.2, 0.25) is 0 Å². The first kappa shape index (κ1) is 17.3. The predicted octanol–water partition coefficient (Wildman–Crippen LogP) is 4.56. The molecule has 1 atom stereocenters. The molecule has 0 aliphatic rings. The molecule has 0 amide bonds. The van der Waals surface area contributed by atoms with Crippen LogP contribution in [0.3, 0.4) is 0 Å². The number of rotatable bonds is 9. The number of carbonyl (C=O) groups is 2. The number of ketones is 2. The van der Waals surface area contributed by atoms with E-state index in [1.165, 1.54) is 0 Å². The third-order valence-corrected chi connectivity index (χ3v) is 3.83. The third kappa shape index (κ3) is 8.43. The fourth-order valence-electron chi connectivity index (χ4n) is 1.71. The maximum atomic E-state index is 11.7. The molecule has 0 fully saturated rings. The molecule has 0 aliphatic heterocycles. The van der Waals surface area contributed by atoms with Crippen LogP contribution in [0, 0.1) is 11.3 Å². The van der Waals surface area contributed by atoms with E-state index in [-0.39, 0.29) is 17.0 Å². The van der Waals surface area contributed by atoms with Gasteiger partial charge in [0, 0.05) is 25.7 Å². The second-order valence-corrected chi connectivity index (χ2v) is 6.49. The van der Waals surface area contributed by atoms with Crippen molar-refractivity contribution in [2.75, 3.05) is 0 Å². The van der Waals surface area contributed by atoms with Gasteiger partial charge >= 0.3 is 0 Å². The highest BCUT2D eigenvalue weighted by Crippen LogP contribution is 2.29. The van der Waals surface area contributed by atoms with E-state index < -0.39 is 0 Å². The zero-order chi connectivity index (χ0) is 14.2. The Morgan fingerprint density at radius 1 is 0.944 bits per heavy atom. The molecule has 0 heterocycles. The number of Topliss-reactive ketones (excluding diaryl/α,β-unsaturated/α-hetero) is 2. The summed E-state index contributed by atoms with van der Waals surface area (Å²) in [6.45, 7) is 10.9. The molecule has 0 spiro atoms. The van der Waals surface area contributed by atoms with Crippen molar-refractivity contribution < 1.29 is 9.59 Å². The van der Waals surface area contributed by atoms with E-state index in [4.69, 9.17) is 0 Å². The zero-order valence-corrected chi connectivity index (χ0v) is 12.8. The molecule has 0 aromatic carbocycles. The molecule has 106 valence electrons. The topological polar surface area (TPSA) is 34.1 Å². The predicted molar refractivity (Wildman–Crippen MR) is 76.6 cm³/mol. The van der Waals surface area contributed by atoms with Gasteiger partial charge in [-0.3, -0.25) is 9.59 Å². The van der Waals surface area contributed by atoms with Gasteiger partial charge in [0.05, 0.1) is 0 Å². The summed E-state index contributed by atoms with van der Waals surface area (Å²) in [7, 11) is 0. The van der Waals surface area contributed by atoms with Crippen LogP contribution < -0.4 is 0 Å². The lowest BCUT2D eigenvalue weighted by molar-refractivity contribution is -0.124. The average molecular weight is 254 g/mol. The molecule has 0 aromatic heterocycles. The molecule has 2 heteroatoms. The van der Waals surface area contributed by atoms with E-state index in [2.05, 4.69) is 34.6 Å². The number of carbonyl (C=O) groups excluding carboxylic acids is 2. The number of hydrogen-bond donors (Lipinski definition) is 0. The van der Waals surface area contributed by atoms with Crippen molar-refractivity contribution in [2.24, 2.45) is 11.3 Å². The van der Waals surface area contributed by atoms with E-state index in [9.17, 15) is 9.59 Å². The van der Waals surface area contributed by atoms with Crippen molar-refractivity contribution in [2.45, 2.75) is 79.6 Å². The maximum absolute atomic E-state index is 11.7. The molecule has 0 saturated heterocycles. The van der Waals surface area contributed by atoms with E-state index in [1.807, 2.05) is 0 Å². The molecule has 1 unspecified atom stereocenters. The first-order chi connectivity index (χ1) is 8.27. The van der Waals surface area contributed by atoms with Crippen LogP contribution in [0.4, 0.5) is 0 Å². The van der Waals surface area contributed by atoms with Gasteiger partial charge in [-0.05, 0) is 24.2 Å². The van der Waals surface area contributed by atoms with Crippen molar-refractivity contribution in [3.05, 3.63) is 0 Å². The molecular formula is C16H30O2. The lowest BCUT2D eigenvalue weighted by Gasteiger charge is -2.26. The standard InChI is InChI=1S/C16H30O2/c1-6-7-8-14(17)11-12-15(18)10-9-13(2)16(3,4)5/h13H,6-12H2,1-5H3. The van der Waals surface area contributed by atoms with Crippen molar-refractivity contribution >= 4 is 11.6 Å². The smallest absolute Gasteiger partial charge is 0.133 e. The van der Waals surface area contributed by atoms with Crippen LogP contribution in [-0.4, -0.2) is 11.6 Å². The fourth-order valence-corrected chi connectivity index (χ4v) is 1.71. The Hall–Kier alpha value is -0.660. The molecular weight excluding hydrogens is 224 g/mol. The van der Waals surface area contributed by atoms with E-state index in [0.29, 0.717) is 31.6 Å². The summed E-state index contributed by atoms with van der Waals surface area (Å²) in [5.41, 5.74) is 0.261. The van der Waals surface area contributed by atoms with E-state index >= 15 is 0 Å². The Bertz CT molecular complexity index is 261.